The third-order valence-electron chi connectivity index (χ3n) is 9.73. The number of carbonyl (C=O) groups is 4. The van der Waals surface area contributed by atoms with Crippen LogP contribution in [0.3, 0.4) is 0 Å². The third-order valence-corrected chi connectivity index (χ3v) is 9.73. The van der Waals surface area contributed by atoms with Crippen LogP contribution in [0, 0.1) is 6.92 Å². The van der Waals surface area contributed by atoms with Gasteiger partial charge in [0.15, 0.2) is 11.3 Å². The number of H-pyrrole nitrogens is 1. The van der Waals surface area contributed by atoms with Crippen molar-refractivity contribution in [2.45, 2.75) is 47.3 Å². The topological polar surface area (TPSA) is 292 Å². The molecule has 3 heterocycles. The zero-order valence-corrected chi connectivity index (χ0v) is 36.7. The number of aromatic amines is 1. The van der Waals surface area contributed by atoms with Gasteiger partial charge in [-0.25, -0.2) is 24.6 Å². The number of rotatable bonds is 20. The maximum Gasteiger partial charge on any atom is 0.363 e. The number of hydrogen-bond acceptors (Lipinski definition) is 12. The number of imidazole rings is 2. The van der Waals surface area contributed by atoms with Crippen LogP contribution in [0.15, 0.2) is 95.7 Å². The molecule has 0 bridgehead atoms. The lowest BCUT2D eigenvalue weighted by atomic mass is 10.1. The van der Waals surface area contributed by atoms with Crippen molar-refractivity contribution in [3.63, 3.8) is 0 Å². The predicted molar refractivity (Wildman–Crippen MR) is 247 cm³/mol. The highest BCUT2D eigenvalue weighted by atomic mass is 16.5. The summed E-state index contributed by atoms with van der Waals surface area (Å²) in [5.41, 5.74) is 27.3. The highest BCUT2D eigenvalue weighted by molar-refractivity contribution is 6.47. The van der Waals surface area contributed by atoms with E-state index in [1.165, 1.54) is 31.4 Å². The number of primary amides is 2. The van der Waals surface area contributed by atoms with Crippen molar-refractivity contribution < 1.29 is 38.0 Å². The summed E-state index contributed by atoms with van der Waals surface area (Å²) in [5.74, 6) is -0.794. The summed E-state index contributed by atoms with van der Waals surface area (Å²) in [7, 11) is 1.45. The molecule has 0 atom stereocenters. The van der Waals surface area contributed by atoms with Crippen LogP contribution < -0.4 is 52.3 Å². The molecule has 338 valence electrons. The van der Waals surface area contributed by atoms with E-state index in [0.717, 1.165) is 0 Å². The molecule has 0 aliphatic rings. The minimum absolute atomic E-state index is 0.0777. The average Bonchev–Trinajstić information content (AvgIpc) is 3.94. The lowest BCUT2D eigenvalue weighted by Gasteiger charge is -2.11. The van der Waals surface area contributed by atoms with Crippen molar-refractivity contribution in [2.24, 2.45) is 22.2 Å². The molecule has 0 fully saturated rings. The molecule has 0 aliphatic carbocycles. The molecular formula is C45H52N13O7+. The summed E-state index contributed by atoms with van der Waals surface area (Å²) >= 11 is 0. The third kappa shape index (κ3) is 11.0. The molecule has 3 aromatic carbocycles. The van der Waals surface area contributed by atoms with E-state index in [4.69, 9.17) is 37.1 Å². The first-order chi connectivity index (χ1) is 31.2. The number of nitrogens with one attached hydrogen (secondary N) is 3. The Balaban J connectivity index is 1.38. The van der Waals surface area contributed by atoms with Gasteiger partial charge < -0.3 is 41.7 Å². The van der Waals surface area contributed by atoms with Gasteiger partial charge in [-0.1, -0.05) is 18.2 Å². The van der Waals surface area contributed by atoms with E-state index in [9.17, 15) is 19.2 Å². The zero-order chi connectivity index (χ0) is 46.8. The quantitative estimate of drug-likeness (QED) is 0.0250. The molecule has 0 aliphatic heterocycles. The van der Waals surface area contributed by atoms with Crippen molar-refractivity contribution >= 4 is 69.0 Å². The number of nitrogens with zero attached hydrogens (tertiary/aromatic N) is 6. The van der Waals surface area contributed by atoms with E-state index in [0.29, 0.717) is 69.4 Å². The van der Waals surface area contributed by atoms with Crippen LogP contribution in [0.25, 0.3) is 22.1 Å². The highest BCUT2D eigenvalue weighted by Gasteiger charge is 2.27. The van der Waals surface area contributed by atoms with Crippen molar-refractivity contribution in [1.82, 2.24) is 24.3 Å². The molecule has 0 saturated carbocycles. The van der Waals surface area contributed by atoms with E-state index in [1.807, 2.05) is 19.1 Å². The minimum Gasteiger partial charge on any atom is -0.494 e. The number of amides is 4. The highest BCUT2D eigenvalue weighted by Crippen LogP contribution is 2.31. The van der Waals surface area contributed by atoms with Crippen LogP contribution in [0.4, 0.5) is 17.6 Å². The zero-order valence-electron chi connectivity index (χ0n) is 36.7. The van der Waals surface area contributed by atoms with Crippen molar-refractivity contribution in [2.75, 3.05) is 43.2 Å². The van der Waals surface area contributed by atoms with Gasteiger partial charge in [0.2, 0.25) is 17.8 Å². The number of anilines is 3. The Kier molecular flexibility index (Phi) is 14.6. The molecule has 0 radical (unpaired) electrons. The van der Waals surface area contributed by atoms with Gasteiger partial charge >= 0.3 is 11.9 Å². The summed E-state index contributed by atoms with van der Waals surface area (Å²) in [4.78, 5) is 64.4. The average molecular weight is 887 g/mol. The lowest BCUT2D eigenvalue weighted by Crippen LogP contribution is -2.38. The van der Waals surface area contributed by atoms with E-state index < -0.39 is 23.6 Å². The van der Waals surface area contributed by atoms with Gasteiger partial charge in [-0.05, 0) is 88.4 Å². The van der Waals surface area contributed by atoms with Gasteiger partial charge in [0.05, 0.1) is 24.9 Å². The summed E-state index contributed by atoms with van der Waals surface area (Å²) in [6.07, 6.45) is 8.65. The van der Waals surface area contributed by atoms with E-state index >= 15 is 0 Å². The number of ether oxygens (including phenoxy) is 3. The Morgan fingerprint density at radius 2 is 1.63 bits per heavy atom. The summed E-state index contributed by atoms with van der Waals surface area (Å²) < 4.78 is 22.8. The first-order valence-electron chi connectivity index (χ1n) is 20.5. The predicted octanol–water partition coefficient (Wildman–Crippen LogP) is 3.90. The normalized spacial score (nSPS) is 12.1. The van der Waals surface area contributed by atoms with Crippen LogP contribution in [-0.2, 0) is 24.4 Å². The standard InChI is InChI=1S/C45H51N13O7/c1-6-50-34(19-26(3)46)42(61)53-44-52-33-22-29(41(49)60)24-37(65-18-11-10-17-64-31-14-12-13-30(47)25-31)39(33)57(44)16-9-8-15-56-38-32(21-28(40(48)59)23-36(38)63-5)51-45(56)54-43(62)35-20-27(4)55-58(35)7-2/h8-14,19-25H,6-7,15-18,47H2,1-5H3,(H8,46,48,49,50,51,52,53,54,59,60,61,62)/p+1/b9-8+,11-10+. The second-order valence-corrected chi connectivity index (χ2v) is 14.6. The molecule has 11 N–H and O–H groups in total. The number of fused-ring (bicyclic) bond motifs is 2. The van der Waals surface area contributed by atoms with Gasteiger partial charge in [0.25, 0.3) is 5.91 Å². The van der Waals surface area contributed by atoms with Gasteiger partial charge in [0.1, 0.15) is 47.2 Å². The molecule has 20 heteroatoms. The van der Waals surface area contributed by atoms with Gasteiger partial charge in [-0.15, -0.1) is 0 Å². The fraction of sp³-hybridized carbons (Fsp3) is 0.244. The molecule has 0 spiro atoms. The number of benzene rings is 3. The second-order valence-electron chi connectivity index (χ2n) is 14.6. The Morgan fingerprint density at radius 1 is 0.908 bits per heavy atom. The number of aliphatic imine (C=N–C) groups is 1. The molecule has 6 rings (SSSR count). The Bertz CT molecular complexity index is 2900. The lowest BCUT2D eigenvalue weighted by molar-refractivity contribution is -0.646. The molecule has 0 unspecified atom stereocenters. The number of allylic oxidation sites excluding steroid dienone is 3. The summed E-state index contributed by atoms with van der Waals surface area (Å²) in [6.45, 7) is 8.48. The molecule has 3 aromatic heterocycles. The fourth-order valence-corrected chi connectivity index (χ4v) is 6.88. The van der Waals surface area contributed by atoms with Gasteiger partial charge in [-0.2, -0.15) is 5.10 Å². The Hall–Kier alpha value is -8.42. The Labute approximate surface area is 373 Å². The smallest absolute Gasteiger partial charge is 0.363 e. The van der Waals surface area contributed by atoms with Gasteiger partial charge in [-0.3, -0.25) is 29.4 Å². The van der Waals surface area contributed by atoms with Crippen LogP contribution in [0.5, 0.6) is 17.2 Å². The molecule has 0 saturated heterocycles. The summed E-state index contributed by atoms with van der Waals surface area (Å²) in [5, 5.41) is 10.2. The molecule has 20 nitrogen and oxygen atoms in total. The van der Waals surface area contributed by atoms with Gasteiger partial charge in [0, 0.05) is 48.2 Å². The van der Waals surface area contributed by atoms with E-state index in [-0.39, 0.29) is 60.8 Å². The molecule has 6 aromatic rings. The van der Waals surface area contributed by atoms with Crippen molar-refractivity contribution in [1.29, 1.82) is 0 Å². The number of hydrogen-bond donors (Lipinski definition) is 7. The largest absolute Gasteiger partial charge is 0.494 e. The Morgan fingerprint density at radius 3 is 2.31 bits per heavy atom. The monoisotopic (exact) mass is 886 g/mol. The number of carbonyl (C=O) groups excluding carboxylic acids is 4. The number of methoxy groups -OCH3 is 1. The number of nitrogens with two attached hydrogens (primary N) is 4. The minimum atomic E-state index is -0.696. The number of aromatic nitrogens is 6. The first-order valence-corrected chi connectivity index (χ1v) is 20.5. The van der Waals surface area contributed by atoms with Crippen molar-refractivity contribution in [3.05, 3.63) is 113 Å². The maximum absolute atomic E-state index is 13.7. The van der Waals surface area contributed by atoms with E-state index in [1.54, 1.807) is 83.1 Å². The summed E-state index contributed by atoms with van der Waals surface area (Å²) in [6, 6.07) is 14.9. The molecule has 65 heavy (non-hydrogen) atoms. The molecular weight excluding hydrogens is 835 g/mol. The SMILES string of the molecule is CCN=C(/C=C(/C)N)C(=O)Nc1[nH]c2cc(C(N)=O)cc(OC/C=C/COc3cccc(N)c3)c2[n+]1C/C=C/Cn1c(NC(=O)c2cc(C)nn2CC)nc2cc(C(N)=O)cc(OC)c21. The van der Waals surface area contributed by atoms with Crippen LogP contribution in [0.1, 0.15) is 57.7 Å². The van der Waals surface area contributed by atoms with Crippen molar-refractivity contribution in [3.8, 4) is 17.2 Å². The van der Waals surface area contributed by atoms with Crippen LogP contribution in [0.2, 0.25) is 0 Å². The number of nitrogen functional groups attached to an aromatic ring is 1. The van der Waals surface area contributed by atoms with E-state index in [2.05, 4.69) is 30.7 Å². The maximum atomic E-state index is 13.7. The number of aryl methyl sites for hydroxylation is 2. The molecule has 4 amide bonds. The fourth-order valence-electron chi connectivity index (χ4n) is 6.88. The van der Waals surface area contributed by atoms with Crippen LogP contribution >= 0.6 is 0 Å². The van der Waals surface area contributed by atoms with Crippen LogP contribution in [-0.4, -0.2) is 80.5 Å². The first kappa shape index (κ1) is 46.1. The second kappa shape index (κ2) is 20.6.